The third-order valence-corrected chi connectivity index (χ3v) is 9.43. The molecule has 0 aliphatic carbocycles. The second kappa shape index (κ2) is 37.5. The van der Waals surface area contributed by atoms with E-state index < -0.39 is 76.0 Å². The van der Waals surface area contributed by atoms with Gasteiger partial charge in [0.15, 0.2) is 6.10 Å². The standard InChI is InChI=1S/C44H72NO13P/c1-3-5-7-8-9-10-11-12-13-14-15-16-17-22-26-32-43(50)58-38(35-56-59(53,54)57-36-39(45)44(51)52)34-55-42(49)33-27-31-41(48)40(47)30-25-21-19-18-20-24-29-37(46)28-23-6-4-2/h9-10,12-13,15-16,18-21,24-25,29-30,37-41,46-48H,3-8,11,14,17,22-23,26-28,31-36,45H2,1-2H3,(H,51,52)(H,53,54)/b10-9-,13-12-,16-15-,20-18-,21-19+,29-24+,30-25+/t37-,38-,39+,40-,41-/m1/s1. The fourth-order valence-corrected chi connectivity index (χ4v) is 5.76. The number of carboxylic acids is 1. The van der Waals surface area contributed by atoms with Crippen LogP contribution in [0.15, 0.2) is 85.1 Å². The lowest BCUT2D eigenvalue weighted by Crippen LogP contribution is -2.34. The summed E-state index contributed by atoms with van der Waals surface area (Å²) >= 11 is 0. The van der Waals surface area contributed by atoms with Crippen LogP contribution in [0.3, 0.4) is 0 Å². The average molecular weight is 854 g/mol. The zero-order chi connectivity index (χ0) is 44.0. The van der Waals surface area contributed by atoms with E-state index in [9.17, 15) is 39.2 Å². The molecule has 0 saturated carbocycles. The third-order valence-electron chi connectivity index (χ3n) is 8.48. The fourth-order valence-electron chi connectivity index (χ4n) is 4.98. The van der Waals surface area contributed by atoms with Gasteiger partial charge < -0.3 is 40.5 Å². The summed E-state index contributed by atoms with van der Waals surface area (Å²) in [6.07, 6.45) is 34.5. The number of allylic oxidation sites excluding steroid dienone is 12. The fraction of sp³-hybridized carbons (Fsp3) is 0.614. The molecule has 6 atom stereocenters. The molecule has 59 heavy (non-hydrogen) atoms. The number of esters is 2. The summed E-state index contributed by atoms with van der Waals surface area (Å²) in [6, 6.07) is -1.58. The zero-order valence-electron chi connectivity index (χ0n) is 35.1. The van der Waals surface area contributed by atoms with Gasteiger partial charge >= 0.3 is 25.7 Å². The summed E-state index contributed by atoms with van der Waals surface area (Å²) in [5, 5.41) is 39.3. The molecule has 0 heterocycles. The number of unbranched alkanes of at least 4 members (excludes halogenated alkanes) is 7. The molecule has 0 aromatic heterocycles. The van der Waals surface area contributed by atoms with E-state index in [2.05, 4.69) is 48.8 Å². The van der Waals surface area contributed by atoms with Crippen molar-refractivity contribution in [1.29, 1.82) is 0 Å². The Morgan fingerprint density at radius 2 is 1.19 bits per heavy atom. The lowest BCUT2D eigenvalue weighted by molar-refractivity contribution is -0.161. The first-order chi connectivity index (χ1) is 28.3. The molecule has 14 nitrogen and oxygen atoms in total. The predicted molar refractivity (Wildman–Crippen MR) is 230 cm³/mol. The van der Waals surface area contributed by atoms with Crippen molar-refractivity contribution in [2.75, 3.05) is 19.8 Å². The van der Waals surface area contributed by atoms with Crippen LogP contribution in [-0.2, 0) is 37.5 Å². The molecule has 0 saturated heterocycles. The van der Waals surface area contributed by atoms with Crippen LogP contribution in [-0.4, -0.2) is 93.5 Å². The highest BCUT2D eigenvalue weighted by Crippen LogP contribution is 2.43. The Morgan fingerprint density at radius 3 is 1.81 bits per heavy atom. The van der Waals surface area contributed by atoms with Gasteiger partial charge in [0.2, 0.25) is 0 Å². The van der Waals surface area contributed by atoms with E-state index in [0.29, 0.717) is 12.8 Å². The number of carbonyl (C=O) groups is 3. The number of rotatable bonds is 37. The van der Waals surface area contributed by atoms with Gasteiger partial charge in [0.1, 0.15) is 12.6 Å². The monoisotopic (exact) mass is 853 g/mol. The maximum Gasteiger partial charge on any atom is 0.472 e. The Hall–Kier alpha value is -3.46. The molecule has 1 unspecified atom stereocenters. The second-order valence-corrected chi connectivity index (χ2v) is 15.4. The number of hydrogen-bond acceptors (Lipinski definition) is 12. The summed E-state index contributed by atoms with van der Waals surface area (Å²) in [5.74, 6) is -2.81. The van der Waals surface area contributed by atoms with E-state index in [4.69, 9.17) is 24.8 Å². The van der Waals surface area contributed by atoms with E-state index in [-0.39, 0.29) is 25.7 Å². The average Bonchev–Trinajstić information content (AvgIpc) is 3.20. The van der Waals surface area contributed by atoms with Gasteiger partial charge in [0.05, 0.1) is 31.5 Å². The van der Waals surface area contributed by atoms with Crippen LogP contribution in [0.5, 0.6) is 0 Å². The molecule has 0 spiro atoms. The van der Waals surface area contributed by atoms with Crippen LogP contribution >= 0.6 is 7.82 Å². The summed E-state index contributed by atoms with van der Waals surface area (Å²) in [4.78, 5) is 45.9. The number of phosphoric acid groups is 1. The molecule has 15 heteroatoms. The van der Waals surface area contributed by atoms with Crippen molar-refractivity contribution in [3.63, 3.8) is 0 Å². The van der Waals surface area contributed by atoms with Gasteiger partial charge in [0, 0.05) is 12.8 Å². The van der Waals surface area contributed by atoms with Crippen molar-refractivity contribution in [1.82, 2.24) is 0 Å². The Bertz CT molecular complexity index is 1370. The smallest absolute Gasteiger partial charge is 0.472 e. The van der Waals surface area contributed by atoms with Crippen molar-refractivity contribution >= 4 is 25.7 Å². The van der Waals surface area contributed by atoms with Gasteiger partial charge in [-0.2, -0.15) is 0 Å². The van der Waals surface area contributed by atoms with Gasteiger partial charge in [-0.3, -0.25) is 23.4 Å². The van der Waals surface area contributed by atoms with E-state index in [1.54, 1.807) is 42.5 Å². The first-order valence-electron chi connectivity index (χ1n) is 20.9. The number of phosphoric ester groups is 1. The minimum absolute atomic E-state index is 0.0340. The number of hydrogen-bond donors (Lipinski definition) is 6. The first kappa shape index (κ1) is 55.5. The number of aliphatic hydroxyl groups excluding tert-OH is 3. The molecule has 0 radical (unpaired) electrons. The highest BCUT2D eigenvalue weighted by Gasteiger charge is 2.28. The molecule has 7 N–H and O–H groups in total. The lowest BCUT2D eigenvalue weighted by atomic mass is 10.1. The molecule has 0 aromatic rings. The van der Waals surface area contributed by atoms with Crippen LogP contribution in [0, 0.1) is 0 Å². The predicted octanol–water partition coefficient (Wildman–Crippen LogP) is 7.63. The Labute approximate surface area is 351 Å². The van der Waals surface area contributed by atoms with Crippen LogP contribution < -0.4 is 5.73 Å². The van der Waals surface area contributed by atoms with Gasteiger partial charge in [-0.05, 0) is 64.2 Å². The molecular formula is C44H72NO13P. The summed E-state index contributed by atoms with van der Waals surface area (Å²) in [5.41, 5.74) is 5.30. The quantitative estimate of drug-likeness (QED) is 0.0116. The number of nitrogens with two attached hydrogens (primary N) is 1. The van der Waals surface area contributed by atoms with Gasteiger partial charge in [-0.25, -0.2) is 4.57 Å². The van der Waals surface area contributed by atoms with Crippen LogP contribution in [0.25, 0.3) is 0 Å². The number of carbonyl (C=O) groups excluding carboxylic acids is 2. The Kier molecular flexibility index (Phi) is 35.3. The number of aliphatic carboxylic acids is 1. The maximum atomic E-state index is 12.6. The Balaban J connectivity index is 4.80. The molecular weight excluding hydrogens is 781 g/mol. The van der Waals surface area contributed by atoms with Gasteiger partial charge in [-0.15, -0.1) is 0 Å². The van der Waals surface area contributed by atoms with Crippen LogP contribution in [0.1, 0.15) is 123 Å². The third kappa shape index (κ3) is 36.1. The van der Waals surface area contributed by atoms with E-state index in [1.165, 1.54) is 25.3 Å². The molecule has 0 aliphatic rings. The molecule has 0 aromatic carbocycles. The van der Waals surface area contributed by atoms with Gasteiger partial charge in [0.25, 0.3) is 0 Å². The van der Waals surface area contributed by atoms with Crippen molar-refractivity contribution < 1.29 is 62.8 Å². The lowest BCUT2D eigenvalue weighted by Gasteiger charge is -2.20. The minimum atomic E-state index is -4.81. The SMILES string of the molecule is CCCCC/C=C\C/C=C\C/C=C\CCCCC(=O)O[C@H](COC(=O)CCC[C@@H](O)[C@H](O)/C=C/C=C/C=C\C=C\[C@H](O)CCCCC)COP(=O)(O)OC[C@H](N)C(=O)O. The van der Waals surface area contributed by atoms with Crippen LogP contribution in [0.4, 0.5) is 0 Å². The zero-order valence-corrected chi connectivity index (χ0v) is 36.0. The first-order valence-corrected chi connectivity index (χ1v) is 22.4. The van der Waals surface area contributed by atoms with Crippen molar-refractivity contribution in [3.8, 4) is 0 Å². The topological polar surface area (TPSA) is 232 Å². The van der Waals surface area contributed by atoms with E-state index in [0.717, 1.165) is 51.4 Å². The summed E-state index contributed by atoms with van der Waals surface area (Å²) in [6.45, 7) is 2.25. The van der Waals surface area contributed by atoms with E-state index >= 15 is 0 Å². The number of ether oxygens (including phenoxy) is 2. The molecule has 0 bridgehead atoms. The molecule has 336 valence electrons. The van der Waals surface area contributed by atoms with Crippen molar-refractivity contribution in [2.24, 2.45) is 5.73 Å². The molecule has 0 fully saturated rings. The Morgan fingerprint density at radius 1 is 0.644 bits per heavy atom. The summed E-state index contributed by atoms with van der Waals surface area (Å²) < 4.78 is 32.4. The summed E-state index contributed by atoms with van der Waals surface area (Å²) in [7, 11) is -4.81. The molecule has 0 amide bonds. The highest BCUT2D eigenvalue weighted by atomic mass is 31.2. The van der Waals surface area contributed by atoms with Crippen molar-refractivity contribution in [3.05, 3.63) is 85.1 Å². The van der Waals surface area contributed by atoms with E-state index in [1.807, 2.05) is 6.08 Å². The maximum absolute atomic E-state index is 12.6. The minimum Gasteiger partial charge on any atom is -0.480 e. The second-order valence-electron chi connectivity index (χ2n) is 14.0. The molecule has 0 rings (SSSR count). The normalized spacial score (nSPS) is 16.2. The molecule has 0 aliphatic heterocycles. The van der Waals surface area contributed by atoms with Gasteiger partial charge in [-0.1, -0.05) is 131 Å². The van der Waals surface area contributed by atoms with Crippen LogP contribution in [0.2, 0.25) is 0 Å². The number of carboxylic acid groups (broad SMARTS) is 1. The largest absolute Gasteiger partial charge is 0.480 e. The number of aliphatic hydroxyl groups is 3. The van der Waals surface area contributed by atoms with Crippen molar-refractivity contribution in [2.45, 2.75) is 153 Å². The highest BCUT2D eigenvalue weighted by molar-refractivity contribution is 7.47.